The summed E-state index contributed by atoms with van der Waals surface area (Å²) >= 11 is 0. The lowest BCUT2D eigenvalue weighted by molar-refractivity contribution is 0.146. The van der Waals surface area contributed by atoms with E-state index in [1.807, 2.05) is 56.3 Å². The lowest BCUT2D eigenvalue weighted by Crippen LogP contribution is -2.12. The molecule has 0 atom stereocenters. The predicted molar refractivity (Wildman–Crippen MR) is 132 cm³/mol. The van der Waals surface area contributed by atoms with Crippen LogP contribution in [0.4, 0.5) is 0 Å². The van der Waals surface area contributed by atoms with Crippen molar-refractivity contribution in [2.45, 2.75) is 20.5 Å². The van der Waals surface area contributed by atoms with Crippen LogP contribution >= 0.6 is 0 Å². The third-order valence-electron chi connectivity index (χ3n) is 5.48. The zero-order chi connectivity index (χ0) is 24.1. The van der Waals surface area contributed by atoms with E-state index < -0.39 is 0 Å². The van der Waals surface area contributed by atoms with E-state index in [1.54, 1.807) is 19.2 Å². The summed E-state index contributed by atoms with van der Waals surface area (Å²) in [5, 5.41) is 0.376. The fourth-order valence-corrected chi connectivity index (χ4v) is 3.88. The fraction of sp³-hybridized carbons (Fsp3) is 0.259. The van der Waals surface area contributed by atoms with Crippen LogP contribution in [0.2, 0.25) is 0 Å². The van der Waals surface area contributed by atoms with Crippen LogP contribution in [-0.4, -0.2) is 37.4 Å². The minimum absolute atomic E-state index is 0.278. The van der Waals surface area contributed by atoms with E-state index in [9.17, 15) is 4.79 Å². The molecule has 0 radical (unpaired) electrons. The Balaban J connectivity index is 1.69. The predicted octanol–water partition coefficient (Wildman–Crippen LogP) is 4.82. The lowest BCUT2D eigenvalue weighted by atomic mass is 10.0. The standard InChI is InChI=1S/C27H28N2O5/c1-17-12-20(13-18(2)25(17)34-16-19-8-6-5-7-9-19)26-28-22-14-21(33-11-10-31-3)15-23(32-4)24(22)27(30)29-26/h5-9,12-15H,10-11,16H2,1-4H3,(H,28,29,30). The van der Waals surface area contributed by atoms with Crippen molar-refractivity contribution in [1.82, 2.24) is 9.97 Å². The maximum absolute atomic E-state index is 13.0. The molecule has 7 nitrogen and oxygen atoms in total. The fourth-order valence-electron chi connectivity index (χ4n) is 3.88. The number of fused-ring (bicyclic) bond motifs is 1. The summed E-state index contributed by atoms with van der Waals surface area (Å²) in [6.45, 7) is 5.29. The molecule has 0 unspecified atom stereocenters. The molecule has 0 fully saturated rings. The number of hydrogen-bond donors (Lipinski definition) is 1. The van der Waals surface area contributed by atoms with Crippen molar-refractivity contribution in [3.63, 3.8) is 0 Å². The van der Waals surface area contributed by atoms with Crippen molar-refractivity contribution in [3.8, 4) is 28.6 Å². The molecule has 176 valence electrons. The first kappa shape index (κ1) is 23.3. The normalized spacial score (nSPS) is 10.9. The van der Waals surface area contributed by atoms with E-state index >= 15 is 0 Å². The van der Waals surface area contributed by atoms with Crippen LogP contribution in [0.25, 0.3) is 22.3 Å². The Morgan fingerprint density at radius 2 is 1.65 bits per heavy atom. The smallest absolute Gasteiger partial charge is 0.262 e. The second-order valence-corrected chi connectivity index (χ2v) is 7.99. The Morgan fingerprint density at radius 1 is 0.912 bits per heavy atom. The Labute approximate surface area is 198 Å². The number of H-pyrrole nitrogens is 1. The Morgan fingerprint density at radius 3 is 2.32 bits per heavy atom. The van der Waals surface area contributed by atoms with Crippen molar-refractivity contribution < 1.29 is 18.9 Å². The number of aryl methyl sites for hydroxylation is 2. The van der Waals surface area contributed by atoms with E-state index in [1.165, 1.54) is 7.11 Å². The van der Waals surface area contributed by atoms with Gasteiger partial charge in [0, 0.05) is 24.8 Å². The number of methoxy groups -OCH3 is 2. The molecule has 0 aliphatic heterocycles. The number of hydrogen-bond acceptors (Lipinski definition) is 6. The average Bonchev–Trinajstić information content (AvgIpc) is 2.83. The highest BCUT2D eigenvalue weighted by Gasteiger charge is 2.15. The van der Waals surface area contributed by atoms with Gasteiger partial charge in [0.25, 0.3) is 5.56 Å². The van der Waals surface area contributed by atoms with E-state index in [2.05, 4.69) is 4.98 Å². The summed E-state index contributed by atoms with van der Waals surface area (Å²) in [6, 6.07) is 17.4. The summed E-state index contributed by atoms with van der Waals surface area (Å²) in [5.41, 5.74) is 4.03. The van der Waals surface area contributed by atoms with Gasteiger partial charge in [-0.3, -0.25) is 4.79 Å². The van der Waals surface area contributed by atoms with Gasteiger partial charge in [-0.25, -0.2) is 4.98 Å². The molecule has 0 saturated carbocycles. The largest absolute Gasteiger partial charge is 0.496 e. The molecule has 1 heterocycles. The molecule has 0 aliphatic carbocycles. The van der Waals surface area contributed by atoms with Gasteiger partial charge in [0.05, 0.1) is 19.2 Å². The molecule has 7 heteroatoms. The van der Waals surface area contributed by atoms with Crippen LogP contribution < -0.4 is 19.8 Å². The molecular weight excluding hydrogens is 432 g/mol. The molecule has 0 saturated heterocycles. The van der Waals surface area contributed by atoms with Crippen LogP contribution in [0.15, 0.2) is 59.4 Å². The molecule has 0 amide bonds. The van der Waals surface area contributed by atoms with E-state index in [0.717, 1.165) is 28.0 Å². The number of aromatic amines is 1. The van der Waals surface area contributed by atoms with Gasteiger partial charge in [0.15, 0.2) is 0 Å². The third kappa shape index (κ3) is 5.05. The van der Waals surface area contributed by atoms with Gasteiger partial charge >= 0.3 is 0 Å². The van der Waals surface area contributed by atoms with Crippen molar-refractivity contribution in [1.29, 1.82) is 0 Å². The molecule has 4 aromatic rings. The zero-order valence-electron chi connectivity index (χ0n) is 19.8. The highest BCUT2D eigenvalue weighted by atomic mass is 16.5. The maximum atomic E-state index is 13.0. The molecule has 1 aromatic heterocycles. The minimum Gasteiger partial charge on any atom is -0.496 e. The van der Waals surface area contributed by atoms with Gasteiger partial charge in [0.2, 0.25) is 0 Å². The second kappa shape index (κ2) is 10.4. The second-order valence-electron chi connectivity index (χ2n) is 7.99. The molecule has 4 rings (SSSR count). The zero-order valence-corrected chi connectivity index (χ0v) is 19.8. The highest BCUT2D eigenvalue weighted by Crippen LogP contribution is 2.32. The summed E-state index contributed by atoms with van der Waals surface area (Å²) in [5.74, 6) is 2.25. The molecule has 34 heavy (non-hydrogen) atoms. The number of nitrogens with one attached hydrogen (secondary N) is 1. The number of benzene rings is 3. The van der Waals surface area contributed by atoms with Crippen LogP contribution in [0.1, 0.15) is 16.7 Å². The highest BCUT2D eigenvalue weighted by molar-refractivity contribution is 5.87. The minimum atomic E-state index is -0.278. The SMILES string of the molecule is COCCOc1cc(OC)c2c(=O)[nH]c(-c3cc(C)c(OCc4ccccc4)c(C)c3)nc2c1. The van der Waals surface area contributed by atoms with Gasteiger partial charge in [-0.2, -0.15) is 0 Å². The van der Waals surface area contributed by atoms with E-state index in [4.69, 9.17) is 23.9 Å². The summed E-state index contributed by atoms with van der Waals surface area (Å²) in [7, 11) is 3.13. The molecule has 0 bridgehead atoms. The quantitative estimate of drug-likeness (QED) is 0.361. The number of ether oxygens (including phenoxy) is 4. The van der Waals surface area contributed by atoms with Crippen LogP contribution in [0.5, 0.6) is 17.2 Å². The Kier molecular flexibility index (Phi) is 7.13. The van der Waals surface area contributed by atoms with Crippen molar-refractivity contribution >= 4 is 10.9 Å². The van der Waals surface area contributed by atoms with E-state index in [0.29, 0.717) is 48.0 Å². The summed E-state index contributed by atoms with van der Waals surface area (Å²) < 4.78 is 22.3. The summed E-state index contributed by atoms with van der Waals surface area (Å²) in [6.07, 6.45) is 0. The molecule has 0 aliphatic rings. The first-order valence-electron chi connectivity index (χ1n) is 11.0. The van der Waals surface area contributed by atoms with Crippen LogP contribution in [-0.2, 0) is 11.3 Å². The molecular formula is C27H28N2O5. The summed E-state index contributed by atoms with van der Waals surface area (Å²) in [4.78, 5) is 20.6. The Hall–Kier alpha value is -3.84. The van der Waals surface area contributed by atoms with Gasteiger partial charge in [-0.15, -0.1) is 0 Å². The van der Waals surface area contributed by atoms with Crippen molar-refractivity contribution in [2.75, 3.05) is 27.4 Å². The maximum Gasteiger partial charge on any atom is 0.262 e. The van der Waals surface area contributed by atoms with E-state index in [-0.39, 0.29) is 5.56 Å². The third-order valence-corrected chi connectivity index (χ3v) is 5.48. The van der Waals surface area contributed by atoms with Crippen LogP contribution in [0.3, 0.4) is 0 Å². The monoisotopic (exact) mass is 460 g/mol. The van der Waals surface area contributed by atoms with Gasteiger partial charge in [0.1, 0.15) is 41.7 Å². The average molecular weight is 461 g/mol. The lowest BCUT2D eigenvalue weighted by Gasteiger charge is -2.15. The molecule has 0 spiro atoms. The van der Waals surface area contributed by atoms with Gasteiger partial charge in [-0.05, 0) is 42.7 Å². The molecule has 3 aromatic carbocycles. The van der Waals surface area contributed by atoms with Crippen molar-refractivity contribution in [3.05, 3.63) is 81.6 Å². The molecule has 1 N–H and O–H groups in total. The van der Waals surface area contributed by atoms with Gasteiger partial charge < -0.3 is 23.9 Å². The number of aromatic nitrogens is 2. The first-order valence-corrected chi connectivity index (χ1v) is 11.0. The number of rotatable bonds is 9. The Bertz CT molecular complexity index is 1330. The van der Waals surface area contributed by atoms with Gasteiger partial charge in [-0.1, -0.05) is 30.3 Å². The first-order chi connectivity index (χ1) is 16.5. The van der Waals surface area contributed by atoms with Crippen molar-refractivity contribution in [2.24, 2.45) is 0 Å². The number of nitrogens with zero attached hydrogens (tertiary/aromatic N) is 1. The topological polar surface area (TPSA) is 82.7 Å². The van der Waals surface area contributed by atoms with Crippen LogP contribution in [0, 0.1) is 13.8 Å².